The Morgan fingerprint density at radius 1 is 1.03 bits per heavy atom. The van der Waals surface area contributed by atoms with Crippen LogP contribution in [0.1, 0.15) is 36.2 Å². The van der Waals surface area contributed by atoms with Gasteiger partial charge in [-0.05, 0) is 72.9 Å². The van der Waals surface area contributed by atoms with E-state index < -0.39 is 17.1 Å². The van der Waals surface area contributed by atoms with Crippen molar-refractivity contribution in [1.29, 1.82) is 0 Å². The molecule has 0 radical (unpaired) electrons. The molecule has 0 aromatic heterocycles. The summed E-state index contributed by atoms with van der Waals surface area (Å²) in [7, 11) is 1.57. The summed E-state index contributed by atoms with van der Waals surface area (Å²) < 4.78 is 10.4. The van der Waals surface area contributed by atoms with Crippen molar-refractivity contribution in [2.24, 2.45) is 0 Å². The molecule has 10 heteroatoms. The number of nitrogens with one attached hydrogen (secondary N) is 1. The fourth-order valence-corrected chi connectivity index (χ4v) is 4.43. The predicted octanol–water partition coefficient (Wildman–Crippen LogP) is 4.26. The van der Waals surface area contributed by atoms with Gasteiger partial charge in [0.2, 0.25) is 5.91 Å². The third-order valence-corrected chi connectivity index (χ3v) is 6.70. The molecule has 1 aliphatic heterocycles. The van der Waals surface area contributed by atoms with Gasteiger partial charge in [0, 0.05) is 25.2 Å². The zero-order valence-electron chi connectivity index (χ0n) is 21.2. The van der Waals surface area contributed by atoms with E-state index in [1.165, 1.54) is 0 Å². The van der Waals surface area contributed by atoms with Crippen molar-refractivity contribution < 1.29 is 28.7 Å². The molecule has 3 rings (SSSR count). The van der Waals surface area contributed by atoms with Gasteiger partial charge < -0.3 is 19.7 Å². The number of methoxy groups -OCH3 is 1. The van der Waals surface area contributed by atoms with Crippen LogP contribution >= 0.6 is 11.8 Å². The number of amides is 3. The molecule has 2 aromatic carbocycles. The molecule has 0 atom stereocenters. The molecule has 37 heavy (non-hydrogen) atoms. The molecule has 9 nitrogen and oxygen atoms in total. The summed E-state index contributed by atoms with van der Waals surface area (Å²) in [4.78, 5) is 53.1. The van der Waals surface area contributed by atoms with Gasteiger partial charge in [-0.3, -0.25) is 19.3 Å². The number of carbonyl (C=O) groups is 4. The normalized spacial score (nSPS) is 14.4. The van der Waals surface area contributed by atoms with Gasteiger partial charge in [0.25, 0.3) is 11.1 Å². The Balaban J connectivity index is 1.47. The van der Waals surface area contributed by atoms with Crippen molar-refractivity contribution in [3.05, 3.63) is 64.6 Å². The van der Waals surface area contributed by atoms with Crippen LogP contribution in [-0.2, 0) is 14.3 Å². The Labute approximate surface area is 220 Å². The number of ether oxygens (including phenoxy) is 2. The Hall–Kier alpha value is -3.63. The highest BCUT2D eigenvalue weighted by molar-refractivity contribution is 8.18. The smallest absolute Gasteiger partial charge is 0.338 e. The minimum atomic E-state index is -0.428. The summed E-state index contributed by atoms with van der Waals surface area (Å²) in [6.07, 6.45) is 1.59. The summed E-state index contributed by atoms with van der Waals surface area (Å²) in [5.41, 5.74) is 1.65. The lowest BCUT2D eigenvalue weighted by atomic mass is 10.2. The van der Waals surface area contributed by atoms with E-state index in [1.807, 2.05) is 0 Å². The Kier molecular flexibility index (Phi) is 10.3. The first-order chi connectivity index (χ1) is 17.8. The molecular weight excluding hydrogens is 494 g/mol. The second kappa shape index (κ2) is 13.6. The Morgan fingerprint density at radius 3 is 2.32 bits per heavy atom. The van der Waals surface area contributed by atoms with Gasteiger partial charge in [-0.15, -0.1) is 0 Å². The van der Waals surface area contributed by atoms with E-state index in [-0.39, 0.29) is 18.9 Å². The van der Waals surface area contributed by atoms with Crippen molar-refractivity contribution in [2.75, 3.05) is 45.2 Å². The maximum absolute atomic E-state index is 12.7. The molecule has 3 amide bonds. The van der Waals surface area contributed by atoms with E-state index in [4.69, 9.17) is 9.47 Å². The summed E-state index contributed by atoms with van der Waals surface area (Å²) in [6.45, 7) is 6.83. The SMILES string of the molecule is CCN(CC)CCOC(=O)c1ccc(NC(=O)CCN2C(=O)S/C(=C\c3ccc(OC)cc3)C2=O)cc1. The van der Waals surface area contributed by atoms with Gasteiger partial charge in [-0.1, -0.05) is 26.0 Å². The molecule has 1 N–H and O–H groups in total. The molecular formula is C27H31N3O6S. The number of thioether (sulfide) groups is 1. The first-order valence-electron chi connectivity index (χ1n) is 12.0. The number of benzene rings is 2. The number of nitrogens with zero attached hydrogens (tertiary/aromatic N) is 2. The first kappa shape index (κ1) is 27.9. The van der Waals surface area contributed by atoms with E-state index in [1.54, 1.807) is 61.7 Å². The number of anilines is 1. The predicted molar refractivity (Wildman–Crippen MR) is 143 cm³/mol. The topological polar surface area (TPSA) is 105 Å². The molecule has 0 unspecified atom stereocenters. The molecule has 0 bridgehead atoms. The Bertz CT molecular complexity index is 1140. The van der Waals surface area contributed by atoms with Crippen LogP contribution in [-0.4, -0.2) is 72.7 Å². The molecule has 1 saturated heterocycles. The van der Waals surface area contributed by atoms with Gasteiger partial charge in [-0.2, -0.15) is 0 Å². The number of likely N-dealkylation sites (N-methyl/N-ethyl adjacent to an activating group) is 1. The van der Waals surface area contributed by atoms with Crippen LogP contribution in [0.15, 0.2) is 53.4 Å². The monoisotopic (exact) mass is 525 g/mol. The van der Waals surface area contributed by atoms with Crippen molar-refractivity contribution in [1.82, 2.24) is 9.80 Å². The van der Waals surface area contributed by atoms with Crippen LogP contribution in [0.2, 0.25) is 0 Å². The fraction of sp³-hybridized carbons (Fsp3) is 0.333. The zero-order chi connectivity index (χ0) is 26.8. The summed E-state index contributed by atoms with van der Waals surface area (Å²) in [5, 5.41) is 2.30. The van der Waals surface area contributed by atoms with Crippen LogP contribution < -0.4 is 10.1 Å². The second-order valence-electron chi connectivity index (χ2n) is 8.14. The number of esters is 1. The highest BCUT2D eigenvalue weighted by Crippen LogP contribution is 2.32. The molecule has 0 aliphatic carbocycles. The molecule has 196 valence electrons. The molecule has 1 aliphatic rings. The van der Waals surface area contributed by atoms with Crippen molar-refractivity contribution in [3.63, 3.8) is 0 Å². The Morgan fingerprint density at radius 2 is 1.70 bits per heavy atom. The minimum Gasteiger partial charge on any atom is -0.497 e. The summed E-state index contributed by atoms with van der Waals surface area (Å²) >= 11 is 0.845. The lowest BCUT2D eigenvalue weighted by Crippen LogP contribution is -2.31. The van der Waals surface area contributed by atoms with E-state index in [0.29, 0.717) is 35.1 Å². The third-order valence-electron chi connectivity index (χ3n) is 5.79. The lowest BCUT2D eigenvalue weighted by Gasteiger charge is -2.17. The van der Waals surface area contributed by atoms with E-state index in [0.717, 1.165) is 35.3 Å². The molecule has 1 heterocycles. The average Bonchev–Trinajstić information content (AvgIpc) is 3.17. The zero-order valence-corrected chi connectivity index (χ0v) is 22.0. The maximum atomic E-state index is 12.7. The quantitative estimate of drug-likeness (QED) is 0.324. The highest BCUT2D eigenvalue weighted by atomic mass is 32.2. The van der Waals surface area contributed by atoms with Crippen LogP contribution in [0.3, 0.4) is 0 Å². The van der Waals surface area contributed by atoms with Crippen LogP contribution in [0.25, 0.3) is 6.08 Å². The van der Waals surface area contributed by atoms with Gasteiger partial charge >= 0.3 is 5.97 Å². The second-order valence-corrected chi connectivity index (χ2v) is 9.14. The fourth-order valence-electron chi connectivity index (χ4n) is 3.56. The van der Waals surface area contributed by atoms with Gasteiger partial charge in [-0.25, -0.2) is 4.79 Å². The van der Waals surface area contributed by atoms with Crippen molar-refractivity contribution >= 4 is 46.5 Å². The van der Waals surface area contributed by atoms with Gasteiger partial charge in [0.05, 0.1) is 17.6 Å². The number of hydrogen-bond acceptors (Lipinski definition) is 8. The molecule has 0 saturated carbocycles. The highest BCUT2D eigenvalue weighted by Gasteiger charge is 2.35. The van der Waals surface area contributed by atoms with Gasteiger partial charge in [0.15, 0.2) is 0 Å². The van der Waals surface area contributed by atoms with E-state index in [9.17, 15) is 19.2 Å². The van der Waals surface area contributed by atoms with E-state index in [2.05, 4.69) is 24.1 Å². The number of imide groups is 1. The van der Waals surface area contributed by atoms with Crippen molar-refractivity contribution in [3.8, 4) is 5.75 Å². The third kappa shape index (κ3) is 7.93. The number of hydrogen-bond donors (Lipinski definition) is 1. The minimum absolute atomic E-state index is 0.0343. The van der Waals surface area contributed by atoms with Crippen LogP contribution in [0.5, 0.6) is 5.75 Å². The van der Waals surface area contributed by atoms with Crippen LogP contribution in [0.4, 0.5) is 10.5 Å². The summed E-state index contributed by atoms with van der Waals surface area (Å²) in [5.74, 6) is -0.515. The van der Waals surface area contributed by atoms with Crippen LogP contribution in [0, 0.1) is 0 Å². The molecule has 1 fully saturated rings. The average molecular weight is 526 g/mol. The summed E-state index contributed by atoms with van der Waals surface area (Å²) in [6, 6.07) is 13.5. The number of carbonyl (C=O) groups excluding carboxylic acids is 4. The number of rotatable bonds is 12. The van der Waals surface area contributed by atoms with E-state index >= 15 is 0 Å². The maximum Gasteiger partial charge on any atom is 0.338 e. The standard InChI is InChI=1S/C27H31N3O6S/c1-4-29(5-2)16-17-36-26(33)20-8-10-21(11-9-20)28-24(31)14-15-30-25(32)23(37-27(30)34)18-19-6-12-22(35-3)13-7-19/h6-13,18H,4-5,14-17H2,1-3H3,(H,28,31)/b23-18-. The molecule has 0 spiro atoms. The lowest BCUT2D eigenvalue weighted by molar-refractivity contribution is -0.123. The van der Waals surface area contributed by atoms with Crippen molar-refractivity contribution in [2.45, 2.75) is 20.3 Å². The first-order valence-corrected chi connectivity index (χ1v) is 12.8. The molecule has 2 aromatic rings. The van der Waals surface area contributed by atoms with Gasteiger partial charge in [0.1, 0.15) is 12.4 Å². The largest absolute Gasteiger partial charge is 0.497 e.